The third-order valence-corrected chi connectivity index (χ3v) is 4.89. The Hall–Kier alpha value is -1.35. The molecule has 1 aliphatic heterocycles. The van der Waals surface area contributed by atoms with Gasteiger partial charge < -0.3 is 4.74 Å². The van der Waals surface area contributed by atoms with E-state index in [-0.39, 0.29) is 16.7 Å². The molecule has 0 bridgehead atoms. The van der Waals surface area contributed by atoms with Crippen LogP contribution in [0.5, 0.6) is 5.75 Å². The third kappa shape index (κ3) is 2.35. The number of aryl methyl sites for hydroxylation is 2. The van der Waals surface area contributed by atoms with E-state index in [1.807, 2.05) is 30.3 Å². The average Bonchev–Trinajstić information content (AvgIpc) is 2.87. The van der Waals surface area contributed by atoms with Crippen molar-refractivity contribution in [2.75, 3.05) is 0 Å². The lowest BCUT2D eigenvalue weighted by molar-refractivity contribution is 0.231. The molecule has 0 aliphatic carbocycles. The first-order valence-corrected chi connectivity index (χ1v) is 7.63. The lowest BCUT2D eigenvalue weighted by Gasteiger charge is -2.19. The number of rotatable bonds is 2. The van der Waals surface area contributed by atoms with Gasteiger partial charge in [0.05, 0.1) is 4.83 Å². The van der Waals surface area contributed by atoms with Crippen LogP contribution in [0.4, 0.5) is 4.39 Å². The van der Waals surface area contributed by atoms with Gasteiger partial charge in [-0.25, -0.2) is 4.39 Å². The Morgan fingerprint density at radius 3 is 2.50 bits per heavy atom. The number of ether oxygens (including phenoxy) is 1. The molecule has 0 N–H and O–H groups in total. The summed E-state index contributed by atoms with van der Waals surface area (Å²) in [6, 6.07) is 11.9. The second kappa shape index (κ2) is 5.21. The number of halogens is 2. The molecule has 3 rings (SSSR count). The van der Waals surface area contributed by atoms with Crippen molar-refractivity contribution in [2.24, 2.45) is 0 Å². The fourth-order valence-electron chi connectivity index (χ4n) is 2.73. The van der Waals surface area contributed by atoms with Gasteiger partial charge in [0.15, 0.2) is 0 Å². The summed E-state index contributed by atoms with van der Waals surface area (Å²) in [6.07, 6.45) is 0.929. The van der Waals surface area contributed by atoms with Crippen molar-refractivity contribution >= 4 is 15.9 Å². The fourth-order valence-corrected chi connectivity index (χ4v) is 3.28. The van der Waals surface area contributed by atoms with Gasteiger partial charge in [-0.05, 0) is 42.2 Å². The number of benzene rings is 2. The quantitative estimate of drug-likeness (QED) is 0.711. The van der Waals surface area contributed by atoms with Gasteiger partial charge >= 0.3 is 0 Å². The summed E-state index contributed by atoms with van der Waals surface area (Å²) in [4.78, 5) is 0.0629. The molecule has 0 saturated carbocycles. The molecule has 0 amide bonds. The molecule has 2 unspecified atom stereocenters. The van der Waals surface area contributed by atoms with Crippen molar-refractivity contribution in [2.45, 2.75) is 31.2 Å². The highest BCUT2D eigenvalue weighted by Crippen LogP contribution is 2.38. The molecule has 1 heterocycles. The minimum atomic E-state index is -0.121. The van der Waals surface area contributed by atoms with E-state index < -0.39 is 0 Å². The Labute approximate surface area is 126 Å². The van der Waals surface area contributed by atoms with Crippen molar-refractivity contribution in [1.29, 1.82) is 0 Å². The van der Waals surface area contributed by atoms with Crippen LogP contribution in [0.15, 0.2) is 36.4 Å². The Morgan fingerprint density at radius 1 is 1.20 bits per heavy atom. The standard InChI is InChI=1S/C17H16BrFO/c1-10-7-13(8-11(2)17(10)19)16(18)15-9-12-5-3-4-6-14(12)20-15/h3-8,15-16H,9H2,1-2H3. The van der Waals surface area contributed by atoms with E-state index >= 15 is 0 Å². The summed E-state index contributed by atoms with van der Waals surface area (Å²) in [5.74, 6) is 0.835. The maximum atomic E-state index is 13.7. The summed E-state index contributed by atoms with van der Waals surface area (Å²) in [7, 11) is 0. The van der Waals surface area contributed by atoms with Gasteiger partial charge in [0.1, 0.15) is 17.7 Å². The first-order valence-electron chi connectivity index (χ1n) is 6.71. The first-order chi connectivity index (χ1) is 9.56. The van der Waals surface area contributed by atoms with Crippen molar-refractivity contribution in [3.05, 3.63) is 64.5 Å². The first kappa shape index (κ1) is 13.6. The van der Waals surface area contributed by atoms with Crippen LogP contribution in [0, 0.1) is 19.7 Å². The van der Waals surface area contributed by atoms with Gasteiger partial charge in [-0.2, -0.15) is 0 Å². The molecule has 0 radical (unpaired) electrons. The van der Waals surface area contributed by atoms with Crippen LogP contribution in [0.25, 0.3) is 0 Å². The highest BCUT2D eigenvalue weighted by Gasteiger charge is 2.30. The zero-order valence-electron chi connectivity index (χ0n) is 11.5. The highest BCUT2D eigenvalue weighted by molar-refractivity contribution is 9.09. The van der Waals surface area contributed by atoms with Gasteiger partial charge in [0.25, 0.3) is 0 Å². The molecule has 104 valence electrons. The molecular formula is C17H16BrFO. The van der Waals surface area contributed by atoms with Crippen LogP contribution >= 0.6 is 15.9 Å². The van der Waals surface area contributed by atoms with Crippen LogP contribution in [0.2, 0.25) is 0 Å². The molecule has 1 aliphatic rings. The second-order valence-corrected chi connectivity index (χ2v) is 6.33. The normalized spacial score (nSPS) is 18.5. The molecular weight excluding hydrogens is 319 g/mol. The summed E-state index contributed by atoms with van der Waals surface area (Å²) in [5, 5.41) is 0. The predicted octanol–water partition coefficient (Wildman–Crippen LogP) is 4.88. The van der Waals surface area contributed by atoms with E-state index in [0.717, 1.165) is 17.7 Å². The predicted molar refractivity (Wildman–Crippen MR) is 82.1 cm³/mol. The van der Waals surface area contributed by atoms with Crippen LogP contribution in [-0.4, -0.2) is 6.10 Å². The van der Waals surface area contributed by atoms with Crippen molar-refractivity contribution in [1.82, 2.24) is 0 Å². The monoisotopic (exact) mass is 334 g/mol. The Morgan fingerprint density at radius 2 is 1.85 bits per heavy atom. The van der Waals surface area contributed by atoms with E-state index in [1.54, 1.807) is 13.8 Å². The molecule has 0 saturated heterocycles. The van der Waals surface area contributed by atoms with E-state index in [0.29, 0.717) is 11.1 Å². The van der Waals surface area contributed by atoms with Crippen molar-refractivity contribution in [3.63, 3.8) is 0 Å². The largest absolute Gasteiger partial charge is 0.488 e. The Bertz CT molecular complexity index is 605. The SMILES string of the molecule is Cc1cc(C(Br)C2Cc3ccccc3O2)cc(C)c1F. The molecule has 0 fully saturated rings. The van der Waals surface area contributed by atoms with Crippen LogP contribution in [-0.2, 0) is 6.42 Å². The van der Waals surface area contributed by atoms with E-state index in [2.05, 4.69) is 22.0 Å². The molecule has 1 nitrogen and oxygen atoms in total. The molecule has 0 aromatic heterocycles. The Balaban J connectivity index is 1.86. The number of alkyl halides is 1. The average molecular weight is 335 g/mol. The summed E-state index contributed by atoms with van der Waals surface area (Å²) >= 11 is 3.72. The maximum Gasteiger partial charge on any atom is 0.129 e. The van der Waals surface area contributed by atoms with E-state index in [4.69, 9.17) is 4.74 Å². The number of para-hydroxylation sites is 1. The van der Waals surface area contributed by atoms with Gasteiger partial charge in [-0.1, -0.05) is 46.3 Å². The van der Waals surface area contributed by atoms with Crippen LogP contribution in [0.1, 0.15) is 27.1 Å². The minimum absolute atomic E-state index is 0.0525. The molecule has 2 aromatic rings. The number of hydrogen-bond acceptors (Lipinski definition) is 1. The minimum Gasteiger partial charge on any atom is -0.488 e. The second-order valence-electron chi connectivity index (χ2n) is 5.34. The third-order valence-electron chi connectivity index (χ3n) is 3.78. The van der Waals surface area contributed by atoms with Gasteiger partial charge in [0.2, 0.25) is 0 Å². The summed E-state index contributed by atoms with van der Waals surface area (Å²) < 4.78 is 19.7. The molecule has 2 atom stereocenters. The van der Waals surface area contributed by atoms with Gasteiger partial charge in [-0.15, -0.1) is 0 Å². The van der Waals surface area contributed by atoms with E-state index in [9.17, 15) is 4.39 Å². The van der Waals surface area contributed by atoms with Gasteiger partial charge in [-0.3, -0.25) is 0 Å². The van der Waals surface area contributed by atoms with E-state index in [1.165, 1.54) is 5.56 Å². The van der Waals surface area contributed by atoms with Crippen molar-refractivity contribution < 1.29 is 9.13 Å². The van der Waals surface area contributed by atoms with Crippen molar-refractivity contribution in [3.8, 4) is 5.75 Å². The molecule has 0 spiro atoms. The lowest BCUT2D eigenvalue weighted by Crippen LogP contribution is -2.19. The highest BCUT2D eigenvalue weighted by atomic mass is 79.9. The summed E-state index contributed by atoms with van der Waals surface area (Å²) in [5.41, 5.74) is 3.66. The molecule has 2 aromatic carbocycles. The zero-order chi connectivity index (χ0) is 14.3. The van der Waals surface area contributed by atoms with Gasteiger partial charge in [0, 0.05) is 6.42 Å². The molecule has 20 heavy (non-hydrogen) atoms. The summed E-state index contributed by atoms with van der Waals surface area (Å²) in [6.45, 7) is 3.60. The smallest absolute Gasteiger partial charge is 0.129 e. The Kier molecular flexibility index (Phi) is 3.55. The van der Waals surface area contributed by atoms with Crippen LogP contribution in [0.3, 0.4) is 0 Å². The lowest BCUT2D eigenvalue weighted by atomic mass is 9.99. The topological polar surface area (TPSA) is 9.23 Å². The zero-order valence-corrected chi connectivity index (χ0v) is 13.1. The maximum absolute atomic E-state index is 13.7. The number of fused-ring (bicyclic) bond motifs is 1. The van der Waals surface area contributed by atoms with Crippen LogP contribution < -0.4 is 4.74 Å². The molecule has 3 heteroatoms. The number of hydrogen-bond donors (Lipinski definition) is 0. The fraction of sp³-hybridized carbons (Fsp3) is 0.294.